The van der Waals surface area contributed by atoms with E-state index in [-0.39, 0.29) is 19.1 Å². The minimum absolute atomic E-state index is 0.0241. The Bertz CT molecular complexity index is 927. The number of halogens is 3. The second-order valence-corrected chi connectivity index (χ2v) is 7.39. The molecule has 0 spiro atoms. The summed E-state index contributed by atoms with van der Waals surface area (Å²) in [5.41, 5.74) is 1.17. The molecule has 2 N–H and O–H groups in total. The van der Waals surface area contributed by atoms with E-state index in [0.29, 0.717) is 11.3 Å². The molecular formula is C22H25F3N4O3. The third kappa shape index (κ3) is 6.61. The first-order chi connectivity index (χ1) is 15.2. The fourth-order valence-electron chi connectivity index (χ4n) is 3.38. The Morgan fingerprint density at radius 3 is 2.34 bits per heavy atom. The molecule has 2 aromatic rings. The van der Waals surface area contributed by atoms with E-state index in [4.69, 9.17) is 4.74 Å². The molecule has 1 fully saturated rings. The number of benzene rings is 2. The number of carbonyl (C=O) groups is 2. The van der Waals surface area contributed by atoms with E-state index in [1.807, 2.05) is 17.0 Å². The number of hydrogen-bond donors (Lipinski definition) is 2. The van der Waals surface area contributed by atoms with Gasteiger partial charge in [-0.2, -0.15) is 13.2 Å². The molecule has 1 saturated heterocycles. The third-order valence-electron chi connectivity index (χ3n) is 5.15. The molecule has 0 radical (unpaired) electrons. The number of piperazine rings is 1. The van der Waals surface area contributed by atoms with Gasteiger partial charge in [0, 0.05) is 44.1 Å². The van der Waals surface area contributed by atoms with Gasteiger partial charge in [-0.05, 0) is 42.0 Å². The fraction of sp³-hybridized carbons (Fsp3) is 0.364. The summed E-state index contributed by atoms with van der Waals surface area (Å²) < 4.78 is 43.0. The number of nitrogens with one attached hydrogen (secondary N) is 2. The van der Waals surface area contributed by atoms with Crippen LogP contribution in [0.15, 0.2) is 48.5 Å². The number of ether oxygens (including phenoxy) is 1. The summed E-state index contributed by atoms with van der Waals surface area (Å²) in [6.07, 6.45) is -4.42. The molecular weight excluding hydrogens is 425 g/mol. The zero-order valence-corrected chi connectivity index (χ0v) is 17.6. The van der Waals surface area contributed by atoms with Crippen LogP contribution < -0.4 is 15.5 Å². The highest BCUT2D eigenvalue weighted by Crippen LogP contribution is 2.29. The van der Waals surface area contributed by atoms with Crippen molar-refractivity contribution in [2.45, 2.75) is 12.7 Å². The summed E-state index contributed by atoms with van der Waals surface area (Å²) in [6, 6.07) is 11.6. The number of carbonyl (C=O) groups excluding carboxylic acids is 2. The highest BCUT2D eigenvalue weighted by atomic mass is 19.4. The van der Waals surface area contributed by atoms with Crippen LogP contribution >= 0.6 is 0 Å². The van der Waals surface area contributed by atoms with Gasteiger partial charge in [0.25, 0.3) is 0 Å². The van der Waals surface area contributed by atoms with Crippen molar-refractivity contribution in [3.8, 4) is 0 Å². The Hall–Kier alpha value is -3.27. The number of urea groups is 1. The van der Waals surface area contributed by atoms with Gasteiger partial charge in [-0.25, -0.2) is 4.79 Å². The summed E-state index contributed by atoms with van der Waals surface area (Å²) in [7, 11) is 1.37. The van der Waals surface area contributed by atoms with Crippen LogP contribution in [0, 0.1) is 0 Å². The van der Waals surface area contributed by atoms with Crippen molar-refractivity contribution in [2.24, 2.45) is 0 Å². The lowest BCUT2D eigenvalue weighted by Gasteiger charge is -2.35. The summed E-state index contributed by atoms with van der Waals surface area (Å²) in [5.74, 6) is -0.250. The van der Waals surface area contributed by atoms with Crippen LogP contribution in [-0.4, -0.2) is 56.7 Å². The van der Waals surface area contributed by atoms with Crippen molar-refractivity contribution in [1.82, 2.24) is 10.2 Å². The fourth-order valence-corrected chi connectivity index (χ4v) is 3.38. The van der Waals surface area contributed by atoms with Gasteiger partial charge < -0.3 is 20.3 Å². The van der Waals surface area contributed by atoms with E-state index in [1.165, 1.54) is 19.2 Å². The summed E-state index contributed by atoms with van der Waals surface area (Å²) in [4.78, 5) is 27.7. The maximum atomic E-state index is 12.8. The molecule has 2 amide bonds. The lowest BCUT2D eigenvalue weighted by Crippen LogP contribution is -2.48. The van der Waals surface area contributed by atoms with E-state index in [0.717, 1.165) is 44.0 Å². The predicted octanol–water partition coefficient (Wildman–Crippen LogP) is 3.32. The largest absolute Gasteiger partial charge is 0.468 e. The number of nitrogens with zero attached hydrogens (tertiary/aromatic N) is 2. The van der Waals surface area contributed by atoms with Gasteiger partial charge in [0.15, 0.2) is 0 Å². The molecule has 1 aliphatic heterocycles. The third-order valence-corrected chi connectivity index (χ3v) is 5.15. The van der Waals surface area contributed by atoms with Crippen LogP contribution in [0.25, 0.3) is 0 Å². The van der Waals surface area contributed by atoms with Crippen LogP contribution in [0.4, 0.5) is 29.3 Å². The Balaban J connectivity index is 1.46. The topological polar surface area (TPSA) is 73.9 Å². The summed E-state index contributed by atoms with van der Waals surface area (Å²) in [5, 5.41) is 5.23. The predicted molar refractivity (Wildman–Crippen MR) is 114 cm³/mol. The molecule has 0 aromatic heterocycles. The van der Waals surface area contributed by atoms with Gasteiger partial charge in [0.2, 0.25) is 0 Å². The second-order valence-electron chi connectivity index (χ2n) is 7.39. The van der Waals surface area contributed by atoms with E-state index in [1.54, 1.807) is 12.1 Å². The first-order valence-electron chi connectivity index (χ1n) is 10.1. The van der Waals surface area contributed by atoms with Crippen molar-refractivity contribution in [3.63, 3.8) is 0 Å². The number of methoxy groups -OCH3 is 1. The maximum absolute atomic E-state index is 12.8. The first kappa shape index (κ1) is 23.4. The number of alkyl halides is 3. The molecule has 1 aliphatic rings. The molecule has 0 atom stereocenters. The van der Waals surface area contributed by atoms with Crippen molar-refractivity contribution >= 4 is 23.4 Å². The van der Waals surface area contributed by atoms with E-state index < -0.39 is 17.8 Å². The van der Waals surface area contributed by atoms with Crippen molar-refractivity contribution < 1.29 is 27.5 Å². The molecule has 0 aliphatic carbocycles. The van der Waals surface area contributed by atoms with Gasteiger partial charge in [-0.1, -0.05) is 12.1 Å². The van der Waals surface area contributed by atoms with E-state index >= 15 is 0 Å². The second kappa shape index (κ2) is 10.4. The Kier molecular flexibility index (Phi) is 7.57. The van der Waals surface area contributed by atoms with Crippen LogP contribution in [0.2, 0.25) is 0 Å². The summed E-state index contributed by atoms with van der Waals surface area (Å²) >= 11 is 0. The Morgan fingerprint density at radius 1 is 1.03 bits per heavy atom. The van der Waals surface area contributed by atoms with Gasteiger partial charge >= 0.3 is 18.2 Å². The number of esters is 1. The highest BCUT2D eigenvalue weighted by molar-refractivity contribution is 5.89. The van der Waals surface area contributed by atoms with Gasteiger partial charge in [0.05, 0.1) is 19.2 Å². The lowest BCUT2D eigenvalue weighted by molar-refractivity contribution is -0.142. The van der Waals surface area contributed by atoms with Crippen molar-refractivity contribution in [1.29, 1.82) is 0 Å². The minimum atomic E-state index is -4.42. The zero-order chi connectivity index (χ0) is 23.1. The van der Waals surface area contributed by atoms with E-state index in [2.05, 4.69) is 15.5 Å². The molecule has 172 valence electrons. The highest BCUT2D eigenvalue weighted by Gasteiger charge is 2.30. The molecule has 32 heavy (non-hydrogen) atoms. The van der Waals surface area contributed by atoms with Crippen LogP contribution in [-0.2, 0) is 22.3 Å². The van der Waals surface area contributed by atoms with Crippen LogP contribution in [0.5, 0.6) is 0 Å². The average molecular weight is 450 g/mol. The molecule has 0 bridgehead atoms. The van der Waals surface area contributed by atoms with Gasteiger partial charge in [-0.3, -0.25) is 9.69 Å². The van der Waals surface area contributed by atoms with Crippen LogP contribution in [0.3, 0.4) is 0 Å². The molecule has 0 saturated carbocycles. The normalized spacial score (nSPS) is 14.7. The van der Waals surface area contributed by atoms with Crippen molar-refractivity contribution in [3.05, 3.63) is 59.7 Å². The van der Waals surface area contributed by atoms with Gasteiger partial charge in [-0.15, -0.1) is 0 Å². The van der Waals surface area contributed by atoms with Crippen molar-refractivity contribution in [2.75, 3.05) is 50.1 Å². The van der Waals surface area contributed by atoms with Crippen LogP contribution in [0.1, 0.15) is 11.1 Å². The van der Waals surface area contributed by atoms with Gasteiger partial charge in [0.1, 0.15) is 0 Å². The SMILES string of the molecule is COC(=O)CN1CCN(c2ccc(NC(=O)NCc3cccc(C(F)(F)F)c3)cc2)CC1. The van der Waals surface area contributed by atoms with E-state index in [9.17, 15) is 22.8 Å². The molecule has 10 heteroatoms. The first-order valence-corrected chi connectivity index (χ1v) is 10.1. The zero-order valence-electron chi connectivity index (χ0n) is 17.6. The molecule has 1 heterocycles. The maximum Gasteiger partial charge on any atom is 0.416 e. The standard InChI is InChI=1S/C22H25F3N4O3/c1-32-20(30)15-28-9-11-29(12-10-28)19-7-5-18(6-8-19)27-21(31)26-14-16-3-2-4-17(13-16)22(23,24)25/h2-8,13H,9-12,14-15H2,1H3,(H2,26,27,31). The Morgan fingerprint density at radius 2 is 1.72 bits per heavy atom. The number of rotatable bonds is 6. The number of hydrogen-bond acceptors (Lipinski definition) is 5. The monoisotopic (exact) mass is 450 g/mol. The molecule has 3 rings (SSSR count). The molecule has 2 aromatic carbocycles. The number of anilines is 2. The molecule has 7 nitrogen and oxygen atoms in total. The lowest BCUT2D eigenvalue weighted by atomic mass is 10.1. The average Bonchev–Trinajstić information content (AvgIpc) is 2.78. The quantitative estimate of drug-likeness (QED) is 0.661. The Labute approximate surface area is 184 Å². The molecule has 0 unspecified atom stereocenters. The smallest absolute Gasteiger partial charge is 0.416 e. The summed E-state index contributed by atoms with van der Waals surface area (Å²) in [6.45, 7) is 3.27. The number of amides is 2. The minimum Gasteiger partial charge on any atom is -0.468 e.